The van der Waals surface area contributed by atoms with Crippen molar-refractivity contribution >= 4 is 40.3 Å². The lowest BCUT2D eigenvalue weighted by atomic mass is 9.81. The molecule has 0 aliphatic carbocycles. The second-order valence-corrected chi connectivity index (χ2v) is 12.1. The zero-order valence-corrected chi connectivity index (χ0v) is 27.6. The first-order valence-electron chi connectivity index (χ1n) is 15.3. The van der Waals surface area contributed by atoms with Gasteiger partial charge in [-0.15, -0.1) is 0 Å². The average molecular weight is 696 g/mol. The number of ether oxygens (including phenoxy) is 1. The van der Waals surface area contributed by atoms with Gasteiger partial charge < -0.3 is 19.7 Å². The molecule has 0 saturated carbocycles. The molecule has 1 aliphatic rings. The lowest BCUT2D eigenvalue weighted by Gasteiger charge is -2.40. The van der Waals surface area contributed by atoms with Crippen LogP contribution in [0.15, 0.2) is 73.1 Å². The maximum Gasteiger partial charge on any atom is 0.490 e. The van der Waals surface area contributed by atoms with Crippen LogP contribution in [0.25, 0.3) is 16.6 Å². The first-order valence-corrected chi connectivity index (χ1v) is 15.6. The van der Waals surface area contributed by atoms with E-state index in [-0.39, 0.29) is 11.9 Å². The third kappa shape index (κ3) is 7.62. The maximum absolute atomic E-state index is 13.9. The fourth-order valence-electron chi connectivity index (χ4n) is 6.10. The molecule has 0 saturated heterocycles. The van der Waals surface area contributed by atoms with Gasteiger partial charge in [0.2, 0.25) is 0 Å². The summed E-state index contributed by atoms with van der Waals surface area (Å²) < 4.78 is 40.6. The summed E-state index contributed by atoms with van der Waals surface area (Å²) in [6.45, 7) is 4.44. The van der Waals surface area contributed by atoms with E-state index >= 15 is 0 Å². The topological polar surface area (TPSA) is 128 Å². The molecule has 14 heteroatoms. The van der Waals surface area contributed by atoms with Crippen LogP contribution in [0.4, 0.5) is 13.2 Å². The molecule has 1 amide bonds. The van der Waals surface area contributed by atoms with Gasteiger partial charge >= 0.3 is 18.1 Å². The number of hydrogen-bond donors (Lipinski definition) is 2. The van der Waals surface area contributed by atoms with Gasteiger partial charge in [0.1, 0.15) is 12.2 Å². The van der Waals surface area contributed by atoms with Gasteiger partial charge in [-0.25, -0.2) is 14.5 Å². The molecule has 6 rings (SSSR count). The molecule has 0 spiro atoms. The van der Waals surface area contributed by atoms with Crippen molar-refractivity contribution in [3.8, 4) is 5.69 Å². The number of benzene rings is 3. The number of carbonyl (C=O) groups is 3. The number of aromatic nitrogens is 4. The van der Waals surface area contributed by atoms with Crippen molar-refractivity contribution in [2.45, 2.75) is 57.8 Å². The van der Waals surface area contributed by atoms with Crippen molar-refractivity contribution in [1.82, 2.24) is 24.6 Å². The summed E-state index contributed by atoms with van der Waals surface area (Å²) in [6.07, 6.45) is -1.12. The van der Waals surface area contributed by atoms with E-state index < -0.39 is 17.7 Å². The van der Waals surface area contributed by atoms with Crippen molar-refractivity contribution in [3.05, 3.63) is 112 Å². The van der Waals surface area contributed by atoms with Crippen LogP contribution >= 0.6 is 11.6 Å². The van der Waals surface area contributed by atoms with Gasteiger partial charge in [-0.1, -0.05) is 53.6 Å². The van der Waals surface area contributed by atoms with Crippen LogP contribution in [0.1, 0.15) is 51.4 Å². The van der Waals surface area contributed by atoms with Gasteiger partial charge in [0, 0.05) is 23.0 Å². The molecular formula is C35H33ClF3N5O5. The van der Waals surface area contributed by atoms with Crippen molar-refractivity contribution in [1.29, 1.82) is 0 Å². The van der Waals surface area contributed by atoms with Gasteiger partial charge in [-0.3, -0.25) is 9.59 Å². The number of fused-ring (bicyclic) bond motifs is 3. The summed E-state index contributed by atoms with van der Waals surface area (Å²) in [5.74, 6) is -2.57. The van der Waals surface area contributed by atoms with E-state index in [2.05, 4.69) is 57.2 Å². The van der Waals surface area contributed by atoms with E-state index in [1.54, 1.807) is 23.1 Å². The van der Waals surface area contributed by atoms with E-state index in [9.17, 15) is 22.8 Å². The molecule has 2 aromatic heterocycles. The maximum atomic E-state index is 13.9. The molecule has 0 radical (unpaired) electrons. The van der Waals surface area contributed by atoms with Gasteiger partial charge in [0.05, 0.1) is 35.5 Å². The molecule has 10 nitrogen and oxygen atoms in total. The van der Waals surface area contributed by atoms with Crippen LogP contribution in [0.2, 0.25) is 5.02 Å². The minimum absolute atomic E-state index is 0.223. The number of esters is 1. The van der Waals surface area contributed by atoms with Crippen molar-refractivity contribution < 1.29 is 37.4 Å². The number of carbonyl (C=O) groups excluding carboxylic acids is 2. The van der Waals surface area contributed by atoms with Gasteiger partial charge in [-0.2, -0.15) is 18.3 Å². The molecule has 256 valence electrons. The normalized spacial score (nSPS) is 15.6. The number of methoxy groups -OCH3 is 1. The third-order valence-electron chi connectivity index (χ3n) is 8.46. The SMILES string of the molecule is COC(=O)CCc1c2n(c3ccc(C)cc13)C[C@@](NC(=O)c1ccc(-n3cnc(C)n3)cc1Cl)(c1ccccc1)CC2.O=C(O)C(F)(F)F. The lowest BCUT2D eigenvalue weighted by Crippen LogP contribution is -2.51. The molecule has 3 aromatic carbocycles. The Kier molecular flexibility index (Phi) is 10.1. The minimum Gasteiger partial charge on any atom is -0.475 e. The van der Waals surface area contributed by atoms with Crippen LogP contribution in [-0.2, 0) is 39.3 Å². The average Bonchev–Trinajstić information content (AvgIpc) is 3.63. The highest BCUT2D eigenvalue weighted by atomic mass is 35.5. The summed E-state index contributed by atoms with van der Waals surface area (Å²) in [6, 6.07) is 21.8. The van der Waals surface area contributed by atoms with Crippen LogP contribution in [-0.4, -0.2) is 55.6 Å². The highest BCUT2D eigenvalue weighted by Gasteiger charge is 2.40. The fraction of sp³-hybridized carbons (Fsp3) is 0.286. The second-order valence-electron chi connectivity index (χ2n) is 11.7. The van der Waals surface area contributed by atoms with Crippen LogP contribution in [0.3, 0.4) is 0 Å². The predicted molar refractivity (Wildman–Crippen MR) is 176 cm³/mol. The molecule has 49 heavy (non-hydrogen) atoms. The summed E-state index contributed by atoms with van der Waals surface area (Å²) >= 11 is 6.67. The molecule has 1 aliphatic heterocycles. The van der Waals surface area contributed by atoms with E-state index in [4.69, 9.17) is 26.2 Å². The molecule has 1 atom stereocenters. The number of alkyl halides is 3. The van der Waals surface area contributed by atoms with Gasteiger partial charge in [0.15, 0.2) is 0 Å². The highest BCUT2D eigenvalue weighted by Crippen LogP contribution is 2.40. The Hall–Kier alpha value is -5.17. The largest absolute Gasteiger partial charge is 0.490 e. The summed E-state index contributed by atoms with van der Waals surface area (Å²) in [7, 11) is 1.42. The number of nitrogens with one attached hydrogen (secondary N) is 1. The standard InChI is InChI=1S/C33H32ClN5O3.C2HF3O2/c1-21-9-13-29-27(17-21)25(12-14-31(40)42-3)30-15-16-33(19-38(29)30,23-7-5-4-6-8-23)36-32(41)26-11-10-24(18-28(26)34)39-20-35-22(2)37-39;3-2(4,5)1(6)7/h4-11,13,17-18,20H,12,14-16,19H2,1-3H3,(H,36,41);(H,6,7)/t33-;/m1./s1. The zero-order chi connectivity index (χ0) is 35.5. The van der Waals surface area contributed by atoms with Crippen LogP contribution < -0.4 is 5.32 Å². The smallest absolute Gasteiger partial charge is 0.475 e. The number of aliphatic carboxylic acids is 1. The number of carboxylic acid groups (broad SMARTS) is 1. The first-order chi connectivity index (χ1) is 23.2. The van der Waals surface area contributed by atoms with Gasteiger partial charge in [0.25, 0.3) is 5.91 Å². The van der Waals surface area contributed by atoms with Crippen molar-refractivity contribution in [2.75, 3.05) is 7.11 Å². The Bertz CT molecular complexity index is 2030. The van der Waals surface area contributed by atoms with E-state index in [0.717, 1.165) is 34.1 Å². The fourth-order valence-corrected chi connectivity index (χ4v) is 6.36. The van der Waals surface area contributed by atoms with Crippen molar-refractivity contribution in [2.24, 2.45) is 0 Å². The molecule has 2 N–H and O–H groups in total. The molecule has 0 bridgehead atoms. The van der Waals surface area contributed by atoms with Crippen LogP contribution in [0.5, 0.6) is 0 Å². The Morgan fingerprint density at radius 1 is 1.06 bits per heavy atom. The second kappa shape index (κ2) is 14.1. The summed E-state index contributed by atoms with van der Waals surface area (Å²) in [5, 5.41) is 16.3. The first kappa shape index (κ1) is 35.1. The van der Waals surface area contributed by atoms with E-state index in [1.165, 1.54) is 18.4 Å². The molecule has 3 heterocycles. The van der Waals surface area contributed by atoms with E-state index in [1.807, 2.05) is 31.2 Å². The number of amides is 1. The molecular weight excluding hydrogens is 663 g/mol. The quantitative estimate of drug-likeness (QED) is 0.186. The van der Waals surface area contributed by atoms with Crippen LogP contribution in [0, 0.1) is 13.8 Å². The monoisotopic (exact) mass is 695 g/mol. The zero-order valence-electron chi connectivity index (χ0n) is 26.8. The number of carboxylic acids is 1. The lowest BCUT2D eigenvalue weighted by molar-refractivity contribution is -0.192. The highest BCUT2D eigenvalue weighted by molar-refractivity contribution is 6.34. The van der Waals surface area contributed by atoms with Crippen molar-refractivity contribution in [3.63, 3.8) is 0 Å². The molecule has 0 fully saturated rings. The van der Waals surface area contributed by atoms with Gasteiger partial charge in [-0.05, 0) is 74.6 Å². The number of halogens is 4. The Morgan fingerprint density at radius 2 is 1.78 bits per heavy atom. The number of hydrogen-bond acceptors (Lipinski definition) is 6. The minimum atomic E-state index is -5.08. The van der Waals surface area contributed by atoms with E-state index in [0.29, 0.717) is 42.2 Å². The third-order valence-corrected chi connectivity index (χ3v) is 8.77. The summed E-state index contributed by atoms with van der Waals surface area (Å²) in [5.41, 5.74) is 6.10. The summed E-state index contributed by atoms with van der Waals surface area (Å²) in [4.78, 5) is 39.0. The number of nitrogens with zero attached hydrogens (tertiary/aromatic N) is 4. The molecule has 5 aromatic rings. The Labute approximate surface area is 284 Å². The number of aryl methyl sites for hydroxylation is 3. The Balaban J connectivity index is 0.000000606. The predicted octanol–water partition coefficient (Wildman–Crippen LogP) is 6.50. The Morgan fingerprint density at radius 3 is 2.39 bits per heavy atom. The number of rotatable bonds is 7. The molecule has 0 unspecified atom stereocenters.